The Kier molecular flexibility index (Phi) is 6.31. The number of imidazole rings is 1. The van der Waals surface area contributed by atoms with Crippen LogP contribution in [-0.2, 0) is 0 Å². The second kappa shape index (κ2) is 10.1. The van der Waals surface area contributed by atoms with Gasteiger partial charge in [-0.15, -0.1) is 0 Å². The van der Waals surface area contributed by atoms with Crippen molar-refractivity contribution in [2.75, 3.05) is 11.1 Å². The summed E-state index contributed by atoms with van der Waals surface area (Å²) < 4.78 is 2.02. The van der Waals surface area contributed by atoms with Gasteiger partial charge in [0.25, 0.3) is 5.91 Å². The first-order chi connectivity index (χ1) is 18.6. The Bertz CT molecular complexity index is 1590. The molecule has 1 saturated carbocycles. The van der Waals surface area contributed by atoms with E-state index in [-0.39, 0.29) is 17.9 Å². The monoisotopic (exact) mass is 504 g/mol. The number of nitrogen functional groups attached to an aromatic ring is 1. The lowest BCUT2D eigenvalue weighted by atomic mass is 9.87. The Hall–Kier alpha value is -4.56. The van der Waals surface area contributed by atoms with Crippen molar-refractivity contribution in [1.29, 1.82) is 0 Å². The molecule has 0 aliphatic heterocycles. The summed E-state index contributed by atoms with van der Waals surface area (Å²) in [5.74, 6) is 1.82. The van der Waals surface area contributed by atoms with Crippen molar-refractivity contribution in [1.82, 2.24) is 19.4 Å². The van der Waals surface area contributed by atoms with E-state index < -0.39 is 0 Å². The zero-order valence-corrected chi connectivity index (χ0v) is 20.8. The lowest BCUT2D eigenvalue weighted by Gasteiger charge is -2.24. The molecule has 0 atom stereocenters. The van der Waals surface area contributed by atoms with E-state index in [2.05, 4.69) is 15.3 Å². The van der Waals surface area contributed by atoms with Crippen molar-refractivity contribution >= 4 is 23.1 Å². The third-order valence-electron chi connectivity index (χ3n) is 7.20. The SMILES string of the molecule is Nc1nccn2c(C3CCC(O)CC3)nc(-c3ccc(C(=O)Nc4cc(-c5ccccc5)ccn4)cc3)c12. The molecule has 4 N–H and O–H groups in total. The molecular formula is C30H28N6O2. The number of nitrogens with one attached hydrogen (secondary N) is 1. The maximum absolute atomic E-state index is 13.0. The van der Waals surface area contributed by atoms with Gasteiger partial charge >= 0.3 is 0 Å². The number of fused-ring (bicyclic) bond motifs is 1. The summed E-state index contributed by atoms with van der Waals surface area (Å²) in [6, 6.07) is 21.1. The number of hydrogen-bond donors (Lipinski definition) is 3. The fraction of sp³-hybridized carbons (Fsp3) is 0.200. The van der Waals surface area contributed by atoms with Gasteiger partial charge < -0.3 is 16.2 Å². The van der Waals surface area contributed by atoms with Crippen molar-refractivity contribution in [2.45, 2.75) is 37.7 Å². The molecule has 0 radical (unpaired) electrons. The Morgan fingerprint density at radius 3 is 2.42 bits per heavy atom. The van der Waals surface area contributed by atoms with E-state index in [0.29, 0.717) is 17.2 Å². The van der Waals surface area contributed by atoms with E-state index in [1.54, 1.807) is 24.5 Å². The number of carbonyl (C=O) groups is 1. The number of aromatic nitrogens is 4. The molecule has 0 saturated heterocycles. The van der Waals surface area contributed by atoms with E-state index in [0.717, 1.165) is 59.4 Å². The largest absolute Gasteiger partial charge is 0.393 e. The number of benzene rings is 2. The van der Waals surface area contributed by atoms with Gasteiger partial charge in [0.2, 0.25) is 0 Å². The van der Waals surface area contributed by atoms with Crippen LogP contribution in [0.25, 0.3) is 27.9 Å². The van der Waals surface area contributed by atoms with Gasteiger partial charge in [0.1, 0.15) is 28.7 Å². The van der Waals surface area contributed by atoms with Crippen molar-refractivity contribution in [2.24, 2.45) is 0 Å². The topological polar surface area (TPSA) is 118 Å². The number of rotatable bonds is 5. The molecule has 8 nitrogen and oxygen atoms in total. The summed E-state index contributed by atoms with van der Waals surface area (Å²) in [5, 5.41) is 12.8. The predicted octanol–water partition coefficient (Wildman–Crippen LogP) is 5.31. The summed E-state index contributed by atoms with van der Waals surface area (Å²) >= 11 is 0. The highest BCUT2D eigenvalue weighted by molar-refractivity contribution is 6.04. The first-order valence-electron chi connectivity index (χ1n) is 12.8. The summed E-state index contributed by atoms with van der Waals surface area (Å²) in [6.45, 7) is 0. The molecule has 5 aromatic rings. The van der Waals surface area contributed by atoms with Gasteiger partial charge in [-0.2, -0.15) is 0 Å². The molecular weight excluding hydrogens is 476 g/mol. The van der Waals surface area contributed by atoms with E-state index >= 15 is 0 Å². The van der Waals surface area contributed by atoms with Gasteiger partial charge in [-0.1, -0.05) is 42.5 Å². The number of aliphatic hydroxyl groups excluding tert-OH is 1. The van der Waals surface area contributed by atoms with E-state index in [1.165, 1.54) is 0 Å². The van der Waals surface area contributed by atoms with Gasteiger partial charge in [0.05, 0.1) is 6.10 Å². The quantitative estimate of drug-likeness (QED) is 0.298. The fourth-order valence-electron chi connectivity index (χ4n) is 5.19. The Balaban J connectivity index is 1.26. The van der Waals surface area contributed by atoms with Gasteiger partial charge in [-0.3, -0.25) is 9.20 Å². The molecule has 1 aliphatic rings. The number of aliphatic hydroxyl groups is 1. The molecule has 3 aromatic heterocycles. The first kappa shape index (κ1) is 23.8. The van der Waals surface area contributed by atoms with Gasteiger partial charge in [0.15, 0.2) is 0 Å². The van der Waals surface area contributed by atoms with Crippen LogP contribution in [0.3, 0.4) is 0 Å². The highest BCUT2D eigenvalue weighted by Crippen LogP contribution is 2.36. The van der Waals surface area contributed by atoms with Crippen LogP contribution in [0.2, 0.25) is 0 Å². The number of amides is 1. The molecule has 3 heterocycles. The third-order valence-corrected chi connectivity index (χ3v) is 7.20. The molecule has 6 rings (SSSR count). The number of nitrogens with zero attached hydrogens (tertiary/aromatic N) is 4. The predicted molar refractivity (Wildman–Crippen MR) is 148 cm³/mol. The summed E-state index contributed by atoms with van der Waals surface area (Å²) in [4.78, 5) is 26.6. The lowest BCUT2D eigenvalue weighted by Crippen LogP contribution is -2.18. The van der Waals surface area contributed by atoms with Crippen LogP contribution >= 0.6 is 0 Å². The molecule has 2 aromatic carbocycles. The highest BCUT2D eigenvalue weighted by atomic mass is 16.3. The minimum Gasteiger partial charge on any atom is -0.393 e. The molecule has 1 amide bonds. The second-order valence-corrected chi connectivity index (χ2v) is 9.68. The molecule has 1 fully saturated rings. The van der Waals surface area contributed by atoms with Crippen LogP contribution in [0.5, 0.6) is 0 Å². The third kappa shape index (κ3) is 4.62. The van der Waals surface area contributed by atoms with Crippen LogP contribution in [0, 0.1) is 0 Å². The van der Waals surface area contributed by atoms with Gasteiger partial charge in [-0.05, 0) is 61.1 Å². The van der Waals surface area contributed by atoms with Crippen LogP contribution < -0.4 is 11.1 Å². The van der Waals surface area contributed by atoms with Crippen molar-refractivity contribution < 1.29 is 9.90 Å². The average molecular weight is 505 g/mol. The van der Waals surface area contributed by atoms with Gasteiger partial charge in [-0.25, -0.2) is 15.0 Å². The minimum atomic E-state index is -0.244. The number of anilines is 2. The molecule has 0 bridgehead atoms. The summed E-state index contributed by atoms with van der Waals surface area (Å²) in [6.07, 6.45) is 8.31. The summed E-state index contributed by atoms with van der Waals surface area (Å²) in [5.41, 5.74) is 11.2. The molecule has 1 aliphatic carbocycles. The summed E-state index contributed by atoms with van der Waals surface area (Å²) in [7, 11) is 0. The van der Waals surface area contributed by atoms with E-state index in [1.807, 2.05) is 65.2 Å². The second-order valence-electron chi connectivity index (χ2n) is 9.68. The molecule has 38 heavy (non-hydrogen) atoms. The lowest BCUT2D eigenvalue weighted by molar-refractivity contribution is 0.102. The Morgan fingerprint density at radius 1 is 0.895 bits per heavy atom. The van der Waals surface area contributed by atoms with Gasteiger partial charge in [0, 0.05) is 35.6 Å². The Labute approximate surface area is 220 Å². The van der Waals surface area contributed by atoms with E-state index in [9.17, 15) is 9.90 Å². The van der Waals surface area contributed by atoms with Crippen molar-refractivity contribution in [3.63, 3.8) is 0 Å². The maximum Gasteiger partial charge on any atom is 0.256 e. The van der Waals surface area contributed by atoms with Crippen molar-refractivity contribution in [3.05, 3.63) is 96.7 Å². The number of nitrogens with two attached hydrogens (primary N) is 1. The molecule has 0 unspecified atom stereocenters. The zero-order valence-electron chi connectivity index (χ0n) is 20.8. The number of hydrogen-bond acceptors (Lipinski definition) is 6. The van der Waals surface area contributed by atoms with Crippen LogP contribution in [0.4, 0.5) is 11.6 Å². The van der Waals surface area contributed by atoms with E-state index in [4.69, 9.17) is 10.7 Å². The molecule has 190 valence electrons. The van der Waals surface area contributed by atoms with Crippen LogP contribution in [0.15, 0.2) is 85.3 Å². The highest BCUT2D eigenvalue weighted by Gasteiger charge is 2.26. The average Bonchev–Trinajstić information content (AvgIpc) is 3.35. The minimum absolute atomic E-state index is 0.238. The Morgan fingerprint density at radius 2 is 1.66 bits per heavy atom. The van der Waals surface area contributed by atoms with Crippen LogP contribution in [-0.4, -0.2) is 36.5 Å². The first-order valence-corrected chi connectivity index (χ1v) is 12.8. The standard InChI is InChI=1S/C30H28N6O2/c31-28-27-26(35-29(36(27)17-16-33-28)21-10-12-24(37)13-11-21)20-6-8-22(9-7-20)30(38)34-25-18-23(14-15-32-25)19-4-2-1-3-5-19/h1-9,14-18,21,24,37H,10-13H2,(H2,31,33)(H,32,34,38). The molecule has 0 spiro atoms. The smallest absolute Gasteiger partial charge is 0.256 e. The van der Waals surface area contributed by atoms with Crippen molar-refractivity contribution in [3.8, 4) is 22.4 Å². The fourth-order valence-corrected chi connectivity index (χ4v) is 5.19. The normalized spacial score (nSPS) is 17.4. The maximum atomic E-state index is 13.0. The molecule has 8 heteroatoms. The van der Waals surface area contributed by atoms with Crippen LogP contribution in [0.1, 0.15) is 47.8 Å². The number of carbonyl (C=O) groups excluding carboxylic acids is 1. The zero-order chi connectivity index (χ0) is 26.1. The number of pyridine rings is 1.